The normalized spacial score (nSPS) is 15.1. The lowest BCUT2D eigenvalue weighted by Gasteiger charge is -2.08. The first kappa shape index (κ1) is 18.4. The molecule has 0 saturated heterocycles. The fourth-order valence-corrected chi connectivity index (χ4v) is 5.21. The van der Waals surface area contributed by atoms with Gasteiger partial charge in [0.1, 0.15) is 0 Å². The second-order valence-electron chi connectivity index (χ2n) is 7.49. The lowest BCUT2D eigenvalue weighted by Crippen LogP contribution is -2.09. The number of benzene rings is 1. The molecule has 0 aliphatic heterocycles. The number of aliphatic hydroxyl groups is 1. The van der Waals surface area contributed by atoms with Crippen molar-refractivity contribution in [2.75, 3.05) is 6.61 Å². The van der Waals surface area contributed by atoms with Crippen molar-refractivity contribution < 1.29 is 19.5 Å². The molecule has 0 bridgehead atoms. The van der Waals surface area contributed by atoms with Crippen LogP contribution in [0.1, 0.15) is 39.5 Å². The number of ketones is 1. The van der Waals surface area contributed by atoms with Crippen LogP contribution in [0.2, 0.25) is 5.02 Å². The minimum Gasteiger partial charge on any atom is -0.494 e. The summed E-state index contributed by atoms with van der Waals surface area (Å²) in [5.41, 5.74) is 1.92. The quantitative estimate of drug-likeness (QED) is 0.396. The van der Waals surface area contributed by atoms with Gasteiger partial charge in [-0.25, -0.2) is 0 Å². The first-order valence-corrected chi connectivity index (χ1v) is 10.3. The smallest absolute Gasteiger partial charge is 0.237 e. The van der Waals surface area contributed by atoms with E-state index in [1.54, 1.807) is 30.4 Å². The Bertz CT molecular complexity index is 1270. The Morgan fingerprint density at radius 3 is 2.79 bits per heavy atom. The second kappa shape index (κ2) is 6.45. The number of carbonyl (C=O) groups is 1. The van der Waals surface area contributed by atoms with E-state index in [2.05, 4.69) is 10.1 Å². The fraction of sp³-hybridized carbons (Fsp3) is 0.238. The van der Waals surface area contributed by atoms with Crippen LogP contribution in [0.5, 0.6) is 5.88 Å². The molecule has 1 saturated carbocycles. The molecule has 0 spiro atoms. The number of hydrogen-bond acceptors (Lipinski definition) is 6. The second-order valence-corrected chi connectivity index (χ2v) is 8.98. The third kappa shape index (κ3) is 2.88. The van der Waals surface area contributed by atoms with Gasteiger partial charge in [-0.3, -0.25) is 4.79 Å². The number of hydrogen-bond donors (Lipinski definition) is 3. The van der Waals surface area contributed by atoms with Crippen LogP contribution in [0.25, 0.3) is 21.3 Å². The largest absolute Gasteiger partial charge is 0.494 e. The Hall–Kier alpha value is -2.61. The first-order chi connectivity index (χ1) is 13.9. The van der Waals surface area contributed by atoms with Crippen molar-refractivity contribution in [2.24, 2.45) is 0 Å². The third-order valence-electron chi connectivity index (χ3n) is 5.50. The van der Waals surface area contributed by atoms with Crippen molar-refractivity contribution in [3.8, 4) is 16.3 Å². The Morgan fingerprint density at radius 1 is 1.34 bits per heavy atom. The molecule has 8 heteroatoms. The van der Waals surface area contributed by atoms with Crippen molar-refractivity contribution >= 4 is 39.6 Å². The Morgan fingerprint density at radius 2 is 2.14 bits per heavy atom. The van der Waals surface area contributed by atoms with Gasteiger partial charge in [-0.05, 0) is 44.0 Å². The zero-order valence-corrected chi connectivity index (χ0v) is 17.0. The Kier molecular flexibility index (Phi) is 4.10. The van der Waals surface area contributed by atoms with Crippen LogP contribution < -0.4 is 0 Å². The number of carbonyl (C=O) groups excluding carboxylic acids is 1. The number of nitrogens with one attached hydrogen (secondary N) is 1. The molecule has 29 heavy (non-hydrogen) atoms. The summed E-state index contributed by atoms with van der Waals surface area (Å²) in [4.78, 5) is 17.8. The molecule has 1 aliphatic carbocycles. The average molecular weight is 429 g/mol. The summed E-state index contributed by atoms with van der Waals surface area (Å²) in [5, 5.41) is 24.9. The van der Waals surface area contributed by atoms with Gasteiger partial charge in [-0.15, -0.1) is 11.3 Å². The highest BCUT2D eigenvalue weighted by atomic mass is 35.5. The van der Waals surface area contributed by atoms with Crippen molar-refractivity contribution in [3.05, 3.63) is 57.2 Å². The van der Waals surface area contributed by atoms with E-state index in [1.807, 2.05) is 12.1 Å². The molecule has 1 fully saturated rings. The standard InChI is InChI=1S/C21H17ClN2O4S/c1-10-6-15(28-24-10)19(26)18-12-7-11(13(22)8-14(12)23-20(18)27)16-2-3-17(29-16)21(9-25)4-5-21/h2-3,6-8,23,25,27H,4-5,9H2,1H3. The van der Waals surface area contributed by atoms with Gasteiger partial charge in [0.25, 0.3) is 0 Å². The Labute approximate surface area is 174 Å². The van der Waals surface area contributed by atoms with Crippen LogP contribution in [0.3, 0.4) is 0 Å². The summed E-state index contributed by atoms with van der Waals surface area (Å²) in [6.45, 7) is 1.86. The number of thiophene rings is 1. The molecule has 1 aliphatic rings. The van der Waals surface area contributed by atoms with E-state index in [4.69, 9.17) is 16.1 Å². The summed E-state index contributed by atoms with van der Waals surface area (Å²) in [5.74, 6) is -0.629. The number of H-pyrrole nitrogens is 1. The molecular formula is C21H17ClN2O4S. The number of aliphatic hydroxyl groups excluding tert-OH is 1. The zero-order valence-electron chi connectivity index (χ0n) is 15.5. The van der Waals surface area contributed by atoms with Gasteiger partial charge < -0.3 is 19.7 Å². The topological polar surface area (TPSA) is 99.3 Å². The first-order valence-electron chi connectivity index (χ1n) is 9.15. The maximum absolute atomic E-state index is 12.9. The van der Waals surface area contributed by atoms with Crippen LogP contribution in [0.15, 0.2) is 34.9 Å². The van der Waals surface area contributed by atoms with Crippen molar-refractivity contribution in [3.63, 3.8) is 0 Å². The van der Waals surface area contributed by atoms with Crippen molar-refractivity contribution in [1.82, 2.24) is 10.1 Å². The van der Waals surface area contributed by atoms with Gasteiger partial charge in [0, 0.05) is 32.2 Å². The summed E-state index contributed by atoms with van der Waals surface area (Å²) in [6, 6.07) is 9.05. The number of halogens is 1. The van der Waals surface area contributed by atoms with Crippen LogP contribution in [-0.2, 0) is 5.41 Å². The molecule has 0 atom stereocenters. The molecule has 3 heterocycles. The van der Waals surface area contributed by atoms with E-state index in [0.717, 1.165) is 28.2 Å². The predicted octanol–water partition coefficient (Wildman–Crippen LogP) is 4.81. The summed E-state index contributed by atoms with van der Waals surface area (Å²) in [6.07, 6.45) is 1.97. The number of aromatic nitrogens is 2. The minimum atomic E-state index is -0.452. The van der Waals surface area contributed by atoms with Gasteiger partial charge in [0.05, 0.1) is 28.4 Å². The highest BCUT2D eigenvalue weighted by Crippen LogP contribution is 2.51. The average Bonchev–Trinajstić information content (AvgIpc) is 3.02. The van der Waals surface area contributed by atoms with Crippen LogP contribution in [-0.4, -0.2) is 32.7 Å². The molecule has 5 rings (SSSR count). The summed E-state index contributed by atoms with van der Waals surface area (Å²) < 4.78 is 5.08. The van der Waals surface area contributed by atoms with Gasteiger partial charge in [-0.2, -0.15) is 0 Å². The highest BCUT2D eigenvalue weighted by Gasteiger charge is 2.44. The number of nitrogens with zero attached hydrogens (tertiary/aromatic N) is 1. The molecule has 0 amide bonds. The minimum absolute atomic E-state index is 0.0623. The predicted molar refractivity (Wildman–Crippen MR) is 111 cm³/mol. The fourth-order valence-electron chi connectivity index (χ4n) is 3.61. The third-order valence-corrected chi connectivity index (χ3v) is 7.17. The van der Waals surface area contributed by atoms with E-state index in [9.17, 15) is 15.0 Å². The molecule has 1 aromatic carbocycles. The van der Waals surface area contributed by atoms with Crippen molar-refractivity contribution in [2.45, 2.75) is 25.2 Å². The van der Waals surface area contributed by atoms with E-state index < -0.39 is 5.78 Å². The van der Waals surface area contributed by atoms with Gasteiger partial charge in [0.2, 0.25) is 17.4 Å². The monoisotopic (exact) mass is 428 g/mol. The zero-order chi connectivity index (χ0) is 20.3. The molecular weight excluding hydrogens is 412 g/mol. The van der Waals surface area contributed by atoms with E-state index in [-0.39, 0.29) is 29.2 Å². The maximum Gasteiger partial charge on any atom is 0.237 e. The molecule has 148 valence electrons. The number of rotatable bonds is 5. The highest BCUT2D eigenvalue weighted by molar-refractivity contribution is 7.15. The van der Waals surface area contributed by atoms with Gasteiger partial charge in [-0.1, -0.05) is 16.8 Å². The van der Waals surface area contributed by atoms with Crippen LogP contribution in [0, 0.1) is 6.92 Å². The molecule has 0 radical (unpaired) electrons. The molecule has 6 nitrogen and oxygen atoms in total. The SMILES string of the molecule is Cc1cc(C(=O)c2c(O)[nH]c3cc(Cl)c(-c4ccc(C5(CO)CC5)s4)cc23)on1. The van der Waals surface area contributed by atoms with Crippen LogP contribution >= 0.6 is 22.9 Å². The molecule has 4 aromatic rings. The van der Waals surface area contributed by atoms with Crippen LogP contribution in [0.4, 0.5) is 0 Å². The molecule has 3 aromatic heterocycles. The van der Waals surface area contributed by atoms with E-state index in [1.165, 1.54) is 6.07 Å². The lowest BCUT2D eigenvalue weighted by atomic mass is 10.0. The molecule has 0 unspecified atom stereocenters. The summed E-state index contributed by atoms with van der Waals surface area (Å²) in [7, 11) is 0. The van der Waals surface area contributed by atoms with Gasteiger partial charge in [0.15, 0.2) is 0 Å². The molecule has 3 N–H and O–H groups in total. The maximum atomic E-state index is 12.9. The number of fused-ring (bicyclic) bond motifs is 1. The van der Waals surface area contributed by atoms with Gasteiger partial charge >= 0.3 is 0 Å². The number of aromatic hydroxyl groups is 1. The Balaban J connectivity index is 1.63. The van der Waals surface area contributed by atoms with E-state index >= 15 is 0 Å². The summed E-state index contributed by atoms with van der Waals surface area (Å²) >= 11 is 8.11. The van der Waals surface area contributed by atoms with Crippen molar-refractivity contribution in [1.29, 1.82) is 0 Å². The number of aromatic amines is 1. The van der Waals surface area contributed by atoms with E-state index in [0.29, 0.717) is 21.6 Å². The lowest BCUT2D eigenvalue weighted by molar-refractivity contribution is 0.0999. The number of aryl methyl sites for hydroxylation is 1.